The molecule has 3 aliphatic rings. The molecule has 0 saturated carbocycles. The van der Waals surface area contributed by atoms with Crippen LogP contribution in [0.15, 0.2) is 237 Å². The van der Waals surface area contributed by atoms with Crippen molar-refractivity contribution in [3.63, 3.8) is 0 Å². The standard InChI is InChI=1S/C67H51N/c1-65(2)57-34-18-16-30-54(57)63-55(32-20-36-59(63)65)64-49(44-22-8-5-9-23-44)31-21-37-62(64)68(47-38-40-52-50-28-14-17-33-56(50)66(3,4)60(52)42-47)48-39-41-53-51-29-15-19-35-58(51)67(61(53)43-48,45-24-10-6-11-25-45)46-26-12-7-13-27-46/h5-43H,1-4H3. The Morgan fingerprint density at radius 3 is 1.35 bits per heavy atom. The van der Waals surface area contributed by atoms with E-state index in [0.717, 1.165) is 17.1 Å². The molecule has 0 spiro atoms. The van der Waals surface area contributed by atoms with Gasteiger partial charge in [-0.1, -0.05) is 234 Å². The van der Waals surface area contributed by atoms with E-state index in [1.54, 1.807) is 0 Å². The highest BCUT2D eigenvalue weighted by Gasteiger charge is 2.47. The van der Waals surface area contributed by atoms with Crippen molar-refractivity contribution >= 4 is 17.1 Å². The van der Waals surface area contributed by atoms with E-state index in [0.29, 0.717) is 0 Å². The third kappa shape index (κ3) is 5.63. The average molecular weight is 870 g/mol. The van der Waals surface area contributed by atoms with Gasteiger partial charge in [0, 0.05) is 27.8 Å². The average Bonchev–Trinajstić information content (AvgIpc) is 3.92. The summed E-state index contributed by atoms with van der Waals surface area (Å²) >= 11 is 0. The summed E-state index contributed by atoms with van der Waals surface area (Å²) in [6, 6.07) is 88.9. The normalized spacial score (nSPS) is 14.8. The maximum atomic E-state index is 2.58. The Balaban J connectivity index is 1.14. The molecule has 0 aromatic heterocycles. The van der Waals surface area contributed by atoms with E-state index in [1.165, 1.54) is 100 Å². The molecule has 0 N–H and O–H groups in total. The Bertz CT molecular complexity index is 3580. The van der Waals surface area contributed by atoms with Gasteiger partial charge in [0.25, 0.3) is 0 Å². The minimum atomic E-state index is -0.554. The molecular formula is C67H51N. The number of nitrogens with zero attached hydrogens (tertiary/aromatic N) is 1. The minimum absolute atomic E-state index is 0.156. The van der Waals surface area contributed by atoms with Crippen molar-refractivity contribution in [2.45, 2.75) is 43.9 Å². The summed E-state index contributed by atoms with van der Waals surface area (Å²) in [6.45, 7) is 9.55. The van der Waals surface area contributed by atoms with Crippen molar-refractivity contribution in [1.82, 2.24) is 0 Å². The van der Waals surface area contributed by atoms with E-state index in [4.69, 9.17) is 0 Å². The monoisotopic (exact) mass is 869 g/mol. The molecule has 0 fully saturated rings. The second kappa shape index (κ2) is 15.0. The molecule has 68 heavy (non-hydrogen) atoms. The fourth-order valence-electron chi connectivity index (χ4n) is 12.7. The lowest BCUT2D eigenvalue weighted by atomic mass is 9.67. The maximum Gasteiger partial charge on any atom is 0.0714 e. The van der Waals surface area contributed by atoms with E-state index >= 15 is 0 Å². The van der Waals surface area contributed by atoms with Crippen molar-refractivity contribution in [2.75, 3.05) is 4.90 Å². The number of hydrogen-bond acceptors (Lipinski definition) is 1. The van der Waals surface area contributed by atoms with Crippen molar-refractivity contribution in [3.8, 4) is 55.6 Å². The highest BCUT2D eigenvalue weighted by Crippen LogP contribution is 2.60. The molecule has 3 aliphatic carbocycles. The molecule has 0 atom stereocenters. The zero-order chi connectivity index (χ0) is 45.8. The second-order valence-corrected chi connectivity index (χ2v) is 20.0. The molecular weight excluding hydrogens is 819 g/mol. The lowest BCUT2D eigenvalue weighted by molar-refractivity contribution is 0.660. The van der Waals surface area contributed by atoms with E-state index in [-0.39, 0.29) is 10.8 Å². The molecule has 13 rings (SSSR count). The zero-order valence-electron chi connectivity index (χ0n) is 39.0. The molecule has 0 aliphatic heterocycles. The van der Waals surface area contributed by atoms with Gasteiger partial charge in [-0.3, -0.25) is 0 Å². The summed E-state index contributed by atoms with van der Waals surface area (Å²) in [4.78, 5) is 2.58. The van der Waals surface area contributed by atoms with Gasteiger partial charge >= 0.3 is 0 Å². The van der Waals surface area contributed by atoms with Gasteiger partial charge in [0.15, 0.2) is 0 Å². The lowest BCUT2D eigenvalue weighted by Gasteiger charge is -2.35. The summed E-state index contributed by atoms with van der Waals surface area (Å²) < 4.78 is 0. The van der Waals surface area contributed by atoms with Gasteiger partial charge in [-0.25, -0.2) is 0 Å². The van der Waals surface area contributed by atoms with Crippen LogP contribution in [0.25, 0.3) is 55.6 Å². The fourth-order valence-corrected chi connectivity index (χ4v) is 12.7. The first-order valence-electron chi connectivity index (χ1n) is 24.1. The SMILES string of the molecule is CC1(C)c2ccccc2-c2ccc(N(c3ccc4c(c3)C(c3ccccc3)(c3ccccc3)c3ccccc3-4)c3cccc(-c4ccccc4)c3-c3cccc4c3-c3ccccc3C4(C)C)cc21. The Labute approximate surface area is 400 Å². The highest BCUT2D eigenvalue weighted by molar-refractivity contribution is 6.04. The molecule has 1 heteroatoms. The number of anilines is 3. The van der Waals surface area contributed by atoms with Crippen molar-refractivity contribution in [1.29, 1.82) is 0 Å². The van der Waals surface area contributed by atoms with Crippen LogP contribution >= 0.6 is 0 Å². The summed E-state index contributed by atoms with van der Waals surface area (Å²) in [6.07, 6.45) is 0. The first kappa shape index (κ1) is 40.3. The van der Waals surface area contributed by atoms with Crippen molar-refractivity contribution in [3.05, 3.63) is 281 Å². The van der Waals surface area contributed by atoms with Gasteiger partial charge in [-0.2, -0.15) is 0 Å². The third-order valence-corrected chi connectivity index (χ3v) is 15.8. The molecule has 1 nitrogen and oxygen atoms in total. The van der Waals surface area contributed by atoms with Crippen LogP contribution in [0.5, 0.6) is 0 Å². The van der Waals surface area contributed by atoms with Gasteiger partial charge in [-0.05, 0) is 125 Å². The molecule has 0 radical (unpaired) electrons. The Hall–Kier alpha value is -8.00. The molecule has 0 heterocycles. The summed E-state index contributed by atoms with van der Waals surface area (Å²) in [5, 5.41) is 0. The second-order valence-electron chi connectivity index (χ2n) is 20.0. The van der Waals surface area contributed by atoms with Crippen LogP contribution < -0.4 is 4.90 Å². The molecule has 0 bridgehead atoms. The van der Waals surface area contributed by atoms with E-state index < -0.39 is 5.41 Å². The van der Waals surface area contributed by atoms with Gasteiger partial charge in [0.2, 0.25) is 0 Å². The smallest absolute Gasteiger partial charge is 0.0714 e. The topological polar surface area (TPSA) is 3.24 Å². The van der Waals surface area contributed by atoms with E-state index in [2.05, 4.69) is 269 Å². The lowest BCUT2D eigenvalue weighted by Crippen LogP contribution is -2.28. The Kier molecular flexibility index (Phi) is 8.89. The highest BCUT2D eigenvalue weighted by atomic mass is 15.1. The Morgan fingerprint density at radius 1 is 0.279 bits per heavy atom. The largest absolute Gasteiger partial charge is 0.310 e. The van der Waals surface area contributed by atoms with Crippen LogP contribution in [0, 0.1) is 0 Å². The van der Waals surface area contributed by atoms with Crippen molar-refractivity contribution < 1.29 is 0 Å². The van der Waals surface area contributed by atoms with Gasteiger partial charge in [-0.15, -0.1) is 0 Å². The van der Waals surface area contributed by atoms with Gasteiger partial charge < -0.3 is 4.90 Å². The van der Waals surface area contributed by atoms with Crippen LogP contribution in [-0.4, -0.2) is 0 Å². The number of fused-ring (bicyclic) bond motifs is 9. The van der Waals surface area contributed by atoms with Crippen LogP contribution in [0.3, 0.4) is 0 Å². The Morgan fingerprint density at radius 2 is 0.706 bits per heavy atom. The molecule has 10 aromatic rings. The van der Waals surface area contributed by atoms with E-state index in [9.17, 15) is 0 Å². The van der Waals surface area contributed by atoms with Crippen LogP contribution in [0.4, 0.5) is 17.1 Å². The van der Waals surface area contributed by atoms with E-state index in [1.807, 2.05) is 0 Å². The van der Waals surface area contributed by atoms with Gasteiger partial charge in [0.1, 0.15) is 0 Å². The van der Waals surface area contributed by atoms with Crippen molar-refractivity contribution in [2.24, 2.45) is 0 Å². The van der Waals surface area contributed by atoms with Crippen LogP contribution in [-0.2, 0) is 16.2 Å². The third-order valence-electron chi connectivity index (χ3n) is 15.8. The van der Waals surface area contributed by atoms with Crippen LogP contribution in [0.1, 0.15) is 72.2 Å². The van der Waals surface area contributed by atoms with Crippen LogP contribution in [0.2, 0.25) is 0 Å². The predicted molar refractivity (Wildman–Crippen MR) is 284 cm³/mol. The van der Waals surface area contributed by atoms with Gasteiger partial charge in [0.05, 0.1) is 11.1 Å². The molecule has 0 amide bonds. The zero-order valence-corrected chi connectivity index (χ0v) is 39.0. The quantitative estimate of drug-likeness (QED) is 0.154. The summed E-state index contributed by atoms with van der Waals surface area (Å²) in [5.41, 5.74) is 25.7. The first-order chi connectivity index (χ1) is 33.3. The molecule has 0 unspecified atom stereocenters. The molecule has 10 aromatic carbocycles. The minimum Gasteiger partial charge on any atom is -0.310 e. The number of hydrogen-bond donors (Lipinski definition) is 0. The maximum absolute atomic E-state index is 2.58. The predicted octanol–water partition coefficient (Wildman–Crippen LogP) is 17.5. The first-order valence-corrected chi connectivity index (χ1v) is 24.1. The summed E-state index contributed by atoms with van der Waals surface area (Å²) in [5.74, 6) is 0. The molecule has 0 saturated heterocycles. The summed E-state index contributed by atoms with van der Waals surface area (Å²) in [7, 11) is 0. The number of benzene rings is 10. The molecule has 324 valence electrons. The fraction of sp³-hybridized carbons (Fsp3) is 0.104. The number of rotatable bonds is 7.